The number of thiophene rings is 1. The monoisotopic (exact) mass is 390 g/mol. The van der Waals surface area contributed by atoms with E-state index < -0.39 is 10.0 Å². The molecule has 0 aromatic carbocycles. The molecule has 5 nitrogen and oxygen atoms in total. The number of hydrogen-bond acceptors (Lipinski definition) is 5. The normalized spacial score (nSPS) is 12.0. The van der Waals surface area contributed by atoms with Crippen molar-refractivity contribution in [3.63, 3.8) is 0 Å². The molecular weight excluding hydrogens is 376 g/mol. The van der Waals surface area contributed by atoms with Crippen LogP contribution in [-0.2, 0) is 21.3 Å². The lowest BCUT2D eigenvalue weighted by Gasteiger charge is -2.20. The predicted molar refractivity (Wildman–Crippen MR) is 85.7 cm³/mol. The minimum absolute atomic E-state index is 0.224. The van der Waals surface area contributed by atoms with Gasteiger partial charge in [0.2, 0.25) is 0 Å². The van der Waals surface area contributed by atoms with Crippen molar-refractivity contribution in [3.8, 4) is 0 Å². The highest BCUT2D eigenvalue weighted by Gasteiger charge is 2.26. The van der Waals surface area contributed by atoms with E-state index in [1.165, 1.54) is 15.6 Å². The molecule has 114 valence electrons. The van der Waals surface area contributed by atoms with E-state index >= 15 is 0 Å². The summed E-state index contributed by atoms with van der Waals surface area (Å²) in [5, 5.41) is 0. The summed E-state index contributed by atoms with van der Waals surface area (Å²) in [6, 6.07) is 8.77. The molecule has 0 atom stereocenters. The van der Waals surface area contributed by atoms with Crippen LogP contribution in [0.25, 0.3) is 0 Å². The van der Waals surface area contributed by atoms with Crippen LogP contribution in [0.15, 0.2) is 44.5 Å². The van der Waals surface area contributed by atoms with Crippen molar-refractivity contribution in [2.45, 2.75) is 10.8 Å². The third-order valence-electron chi connectivity index (χ3n) is 2.75. The van der Waals surface area contributed by atoms with Gasteiger partial charge in [0, 0.05) is 19.9 Å². The number of methoxy groups -OCH3 is 1. The number of nitrogens with zero attached hydrogens (tertiary/aromatic N) is 2. The molecule has 0 aliphatic rings. The second kappa shape index (κ2) is 7.46. The third kappa shape index (κ3) is 4.33. The molecular formula is C13H15BrN2O3S2. The van der Waals surface area contributed by atoms with Gasteiger partial charge in [0.25, 0.3) is 10.0 Å². The molecule has 0 radical (unpaired) electrons. The van der Waals surface area contributed by atoms with E-state index in [1.54, 1.807) is 37.6 Å². The summed E-state index contributed by atoms with van der Waals surface area (Å²) in [4.78, 5) is 4.19. The zero-order chi connectivity index (χ0) is 15.3. The minimum atomic E-state index is -3.55. The van der Waals surface area contributed by atoms with E-state index in [1.807, 2.05) is 6.07 Å². The first-order chi connectivity index (χ1) is 10.0. The van der Waals surface area contributed by atoms with Gasteiger partial charge in [-0.3, -0.25) is 4.98 Å². The number of ether oxygens (including phenoxy) is 1. The summed E-state index contributed by atoms with van der Waals surface area (Å²) >= 11 is 4.48. The maximum absolute atomic E-state index is 12.7. The number of sulfonamides is 1. The average molecular weight is 391 g/mol. The van der Waals surface area contributed by atoms with Crippen LogP contribution in [-0.4, -0.2) is 38.0 Å². The Bertz CT molecular complexity index is 674. The smallest absolute Gasteiger partial charge is 0.253 e. The second-order valence-electron chi connectivity index (χ2n) is 4.21. The van der Waals surface area contributed by atoms with Crippen molar-refractivity contribution in [2.24, 2.45) is 0 Å². The van der Waals surface area contributed by atoms with E-state index in [4.69, 9.17) is 4.74 Å². The molecule has 0 unspecified atom stereocenters. The Morgan fingerprint density at radius 2 is 2.14 bits per heavy atom. The highest BCUT2D eigenvalue weighted by Crippen LogP contribution is 2.29. The fourth-order valence-corrected chi connectivity index (χ4v) is 5.27. The van der Waals surface area contributed by atoms with Crippen molar-refractivity contribution in [3.05, 3.63) is 46.0 Å². The van der Waals surface area contributed by atoms with Gasteiger partial charge in [-0.05, 0) is 40.2 Å². The van der Waals surface area contributed by atoms with Gasteiger partial charge in [-0.15, -0.1) is 11.3 Å². The zero-order valence-electron chi connectivity index (χ0n) is 11.4. The molecule has 0 aliphatic heterocycles. The molecule has 0 spiro atoms. The molecule has 0 aliphatic carbocycles. The van der Waals surface area contributed by atoms with E-state index in [0.717, 1.165) is 3.79 Å². The van der Waals surface area contributed by atoms with Crippen LogP contribution in [0, 0.1) is 0 Å². The number of rotatable bonds is 7. The van der Waals surface area contributed by atoms with Crippen molar-refractivity contribution in [1.82, 2.24) is 9.29 Å². The van der Waals surface area contributed by atoms with Crippen LogP contribution in [0.4, 0.5) is 0 Å². The maximum Gasteiger partial charge on any atom is 0.253 e. The molecule has 2 aromatic rings. The molecule has 0 amide bonds. The predicted octanol–water partition coefficient (Wildman–Crippen LogP) is 2.74. The SMILES string of the molecule is COCCN(Cc1ccccn1)S(=O)(=O)c1ccc(Br)s1. The lowest BCUT2D eigenvalue weighted by atomic mass is 10.3. The summed E-state index contributed by atoms with van der Waals surface area (Å²) in [5.74, 6) is 0. The molecule has 0 bridgehead atoms. The number of pyridine rings is 1. The zero-order valence-corrected chi connectivity index (χ0v) is 14.6. The van der Waals surface area contributed by atoms with Gasteiger partial charge in [-0.2, -0.15) is 4.31 Å². The maximum atomic E-state index is 12.7. The summed E-state index contributed by atoms with van der Waals surface area (Å²) in [7, 11) is -2.00. The number of aromatic nitrogens is 1. The Morgan fingerprint density at radius 1 is 1.33 bits per heavy atom. The van der Waals surface area contributed by atoms with Crippen LogP contribution >= 0.6 is 27.3 Å². The van der Waals surface area contributed by atoms with Crippen molar-refractivity contribution in [2.75, 3.05) is 20.3 Å². The first-order valence-electron chi connectivity index (χ1n) is 6.18. The van der Waals surface area contributed by atoms with Crippen LogP contribution in [0.2, 0.25) is 0 Å². The number of halogens is 1. The molecule has 0 saturated heterocycles. The molecule has 0 N–H and O–H groups in total. The lowest BCUT2D eigenvalue weighted by Crippen LogP contribution is -2.33. The lowest BCUT2D eigenvalue weighted by molar-refractivity contribution is 0.177. The minimum Gasteiger partial charge on any atom is -0.383 e. The van der Waals surface area contributed by atoms with Gasteiger partial charge in [-0.1, -0.05) is 6.07 Å². The van der Waals surface area contributed by atoms with E-state index in [2.05, 4.69) is 20.9 Å². The fourth-order valence-electron chi connectivity index (χ4n) is 1.71. The standard InChI is InChI=1S/C13H15BrN2O3S2/c1-19-9-8-16(10-11-4-2-3-7-15-11)21(17,18)13-6-5-12(14)20-13/h2-7H,8-10H2,1H3. The summed E-state index contributed by atoms with van der Waals surface area (Å²) in [5.41, 5.74) is 0.702. The van der Waals surface area contributed by atoms with Crippen molar-refractivity contribution in [1.29, 1.82) is 0 Å². The fraction of sp³-hybridized carbons (Fsp3) is 0.308. The van der Waals surface area contributed by atoms with Gasteiger partial charge in [0.05, 0.1) is 22.6 Å². The highest BCUT2D eigenvalue weighted by molar-refractivity contribution is 9.11. The van der Waals surface area contributed by atoms with E-state index in [9.17, 15) is 8.42 Å². The van der Waals surface area contributed by atoms with Crippen molar-refractivity contribution >= 4 is 37.3 Å². The Labute approximate surface area is 136 Å². The molecule has 2 heterocycles. The second-order valence-corrected chi connectivity index (χ2v) is 8.84. The van der Waals surface area contributed by atoms with E-state index in [0.29, 0.717) is 16.5 Å². The van der Waals surface area contributed by atoms with Gasteiger partial charge in [0.1, 0.15) is 4.21 Å². The summed E-state index contributed by atoms with van der Waals surface area (Å²) in [6.45, 7) is 0.839. The first-order valence-corrected chi connectivity index (χ1v) is 9.23. The van der Waals surface area contributed by atoms with Crippen LogP contribution in [0.1, 0.15) is 5.69 Å². The first kappa shape index (κ1) is 16.6. The van der Waals surface area contributed by atoms with Crippen LogP contribution in [0.5, 0.6) is 0 Å². The Hall–Kier alpha value is -0.800. The Kier molecular flexibility index (Phi) is 5.88. The quantitative estimate of drug-likeness (QED) is 0.728. The highest BCUT2D eigenvalue weighted by atomic mass is 79.9. The van der Waals surface area contributed by atoms with Gasteiger partial charge in [0.15, 0.2) is 0 Å². The van der Waals surface area contributed by atoms with E-state index in [-0.39, 0.29) is 13.1 Å². The third-order valence-corrected chi connectivity index (χ3v) is 6.69. The van der Waals surface area contributed by atoms with Gasteiger partial charge >= 0.3 is 0 Å². The molecule has 2 aromatic heterocycles. The Morgan fingerprint density at radius 3 is 2.71 bits per heavy atom. The van der Waals surface area contributed by atoms with Gasteiger partial charge < -0.3 is 4.74 Å². The molecule has 21 heavy (non-hydrogen) atoms. The van der Waals surface area contributed by atoms with Gasteiger partial charge in [-0.25, -0.2) is 8.42 Å². The largest absolute Gasteiger partial charge is 0.383 e. The summed E-state index contributed by atoms with van der Waals surface area (Å²) < 4.78 is 32.9. The molecule has 0 fully saturated rings. The van der Waals surface area contributed by atoms with Crippen LogP contribution < -0.4 is 0 Å². The van der Waals surface area contributed by atoms with Crippen molar-refractivity contribution < 1.29 is 13.2 Å². The topological polar surface area (TPSA) is 59.5 Å². The summed E-state index contributed by atoms with van der Waals surface area (Å²) in [6.07, 6.45) is 1.65. The van der Waals surface area contributed by atoms with Crippen LogP contribution in [0.3, 0.4) is 0 Å². The molecule has 8 heteroatoms. The average Bonchev–Trinajstić information content (AvgIpc) is 2.92. The number of hydrogen-bond donors (Lipinski definition) is 0. The Balaban J connectivity index is 2.26. The molecule has 0 saturated carbocycles. The molecule has 2 rings (SSSR count).